The molecule has 1 amide bonds. The lowest BCUT2D eigenvalue weighted by Crippen LogP contribution is -2.40. The smallest absolute Gasteiger partial charge is 0.237 e. The normalized spacial score (nSPS) is 26.4. The first kappa shape index (κ1) is 9.97. The molecule has 0 bridgehead atoms. The number of rotatable bonds is 5. The van der Waals surface area contributed by atoms with E-state index in [0.29, 0.717) is 0 Å². The van der Waals surface area contributed by atoms with Crippen LogP contribution in [0.25, 0.3) is 0 Å². The van der Waals surface area contributed by atoms with Crippen LogP contribution in [-0.2, 0) is 4.79 Å². The van der Waals surface area contributed by atoms with Crippen molar-refractivity contribution in [3.8, 4) is 0 Å². The average molecular weight is 196 g/mol. The van der Waals surface area contributed by atoms with Gasteiger partial charge in [0.05, 0.1) is 6.04 Å². The number of carbonyl (C=O) groups is 1. The second kappa shape index (κ2) is 4.78. The standard InChI is InChI=1S/C11H20N2O/c14-11(10-4-2-7-12-10)13-8-1-3-9-5-6-9/h9-10,12H,1-8H2,(H,13,14). The third-order valence-electron chi connectivity index (χ3n) is 3.16. The zero-order valence-electron chi connectivity index (χ0n) is 8.72. The summed E-state index contributed by atoms with van der Waals surface area (Å²) in [4.78, 5) is 11.5. The second-order valence-corrected chi connectivity index (χ2v) is 4.53. The molecule has 2 aliphatic rings. The van der Waals surface area contributed by atoms with E-state index in [1.165, 1.54) is 19.3 Å². The molecule has 1 saturated carbocycles. The maximum absolute atomic E-state index is 11.5. The van der Waals surface area contributed by atoms with E-state index in [1.54, 1.807) is 0 Å². The lowest BCUT2D eigenvalue weighted by molar-refractivity contribution is -0.122. The van der Waals surface area contributed by atoms with Gasteiger partial charge in [-0.2, -0.15) is 0 Å². The molecule has 1 heterocycles. The van der Waals surface area contributed by atoms with Crippen molar-refractivity contribution in [2.75, 3.05) is 13.1 Å². The summed E-state index contributed by atoms with van der Waals surface area (Å²) < 4.78 is 0. The molecule has 0 spiro atoms. The summed E-state index contributed by atoms with van der Waals surface area (Å²) in [6.45, 7) is 1.87. The van der Waals surface area contributed by atoms with Crippen molar-refractivity contribution in [2.24, 2.45) is 5.92 Å². The molecule has 1 atom stereocenters. The summed E-state index contributed by atoms with van der Waals surface area (Å²) in [7, 11) is 0. The van der Waals surface area contributed by atoms with E-state index < -0.39 is 0 Å². The molecular weight excluding hydrogens is 176 g/mol. The number of nitrogens with one attached hydrogen (secondary N) is 2. The highest BCUT2D eigenvalue weighted by Crippen LogP contribution is 2.33. The largest absolute Gasteiger partial charge is 0.355 e. The van der Waals surface area contributed by atoms with E-state index in [2.05, 4.69) is 10.6 Å². The summed E-state index contributed by atoms with van der Waals surface area (Å²) in [5.74, 6) is 1.19. The molecule has 0 aromatic carbocycles. The van der Waals surface area contributed by atoms with Gasteiger partial charge in [0.15, 0.2) is 0 Å². The molecule has 1 unspecified atom stereocenters. The summed E-state index contributed by atoms with van der Waals surface area (Å²) >= 11 is 0. The fraction of sp³-hybridized carbons (Fsp3) is 0.909. The van der Waals surface area contributed by atoms with Gasteiger partial charge in [-0.25, -0.2) is 0 Å². The molecule has 1 saturated heterocycles. The maximum Gasteiger partial charge on any atom is 0.237 e. The van der Waals surface area contributed by atoms with Gasteiger partial charge in [-0.05, 0) is 38.1 Å². The highest BCUT2D eigenvalue weighted by molar-refractivity contribution is 5.81. The number of hydrogen-bond acceptors (Lipinski definition) is 2. The monoisotopic (exact) mass is 196 g/mol. The van der Waals surface area contributed by atoms with Crippen LogP contribution in [-0.4, -0.2) is 25.0 Å². The third-order valence-corrected chi connectivity index (χ3v) is 3.16. The maximum atomic E-state index is 11.5. The topological polar surface area (TPSA) is 41.1 Å². The lowest BCUT2D eigenvalue weighted by Gasteiger charge is -2.10. The second-order valence-electron chi connectivity index (χ2n) is 4.53. The van der Waals surface area contributed by atoms with Gasteiger partial charge in [0, 0.05) is 6.54 Å². The predicted molar refractivity (Wildman–Crippen MR) is 56.0 cm³/mol. The molecule has 0 aromatic rings. The number of amides is 1. The molecule has 80 valence electrons. The van der Waals surface area contributed by atoms with Crippen molar-refractivity contribution in [1.82, 2.24) is 10.6 Å². The Hall–Kier alpha value is -0.570. The van der Waals surface area contributed by atoms with Gasteiger partial charge in [-0.3, -0.25) is 4.79 Å². The van der Waals surface area contributed by atoms with Crippen LogP contribution in [0.4, 0.5) is 0 Å². The highest BCUT2D eigenvalue weighted by Gasteiger charge is 2.22. The van der Waals surface area contributed by atoms with Crippen molar-refractivity contribution in [1.29, 1.82) is 0 Å². The van der Waals surface area contributed by atoms with E-state index in [0.717, 1.165) is 38.3 Å². The number of hydrogen-bond donors (Lipinski definition) is 2. The molecule has 3 heteroatoms. The quantitative estimate of drug-likeness (QED) is 0.645. The summed E-state index contributed by atoms with van der Waals surface area (Å²) in [6, 6.07) is 0.0934. The van der Waals surface area contributed by atoms with Gasteiger partial charge in [0.2, 0.25) is 5.91 Å². The van der Waals surface area contributed by atoms with E-state index in [1.807, 2.05) is 0 Å². The van der Waals surface area contributed by atoms with Gasteiger partial charge in [-0.1, -0.05) is 12.8 Å². The third kappa shape index (κ3) is 2.98. The minimum Gasteiger partial charge on any atom is -0.355 e. The first-order valence-corrected chi connectivity index (χ1v) is 5.87. The predicted octanol–water partition coefficient (Wildman–Crippen LogP) is 1.04. The van der Waals surface area contributed by atoms with E-state index in [9.17, 15) is 4.79 Å². The first-order valence-electron chi connectivity index (χ1n) is 5.87. The van der Waals surface area contributed by atoms with Gasteiger partial charge < -0.3 is 10.6 Å². The molecule has 1 aliphatic heterocycles. The number of carbonyl (C=O) groups excluding carboxylic acids is 1. The molecule has 0 radical (unpaired) electrons. The Morgan fingerprint density at radius 2 is 2.21 bits per heavy atom. The minimum absolute atomic E-state index is 0.0934. The van der Waals surface area contributed by atoms with Crippen molar-refractivity contribution in [3.05, 3.63) is 0 Å². The lowest BCUT2D eigenvalue weighted by atomic mass is 10.2. The van der Waals surface area contributed by atoms with E-state index in [-0.39, 0.29) is 11.9 Å². The highest BCUT2D eigenvalue weighted by atomic mass is 16.2. The first-order chi connectivity index (χ1) is 6.86. The molecule has 2 fully saturated rings. The summed E-state index contributed by atoms with van der Waals surface area (Å²) in [5.41, 5.74) is 0. The SMILES string of the molecule is O=C(NCCCC1CC1)C1CCCN1. The minimum atomic E-state index is 0.0934. The van der Waals surface area contributed by atoms with Crippen molar-refractivity contribution in [3.63, 3.8) is 0 Å². The van der Waals surface area contributed by atoms with Gasteiger partial charge in [0.25, 0.3) is 0 Å². The van der Waals surface area contributed by atoms with Crippen molar-refractivity contribution >= 4 is 5.91 Å². The van der Waals surface area contributed by atoms with Gasteiger partial charge in [-0.15, -0.1) is 0 Å². The fourth-order valence-electron chi connectivity index (χ4n) is 2.04. The average Bonchev–Trinajstić information content (AvgIpc) is 2.84. The Morgan fingerprint density at radius 3 is 2.86 bits per heavy atom. The zero-order valence-corrected chi connectivity index (χ0v) is 8.72. The van der Waals surface area contributed by atoms with Crippen LogP contribution in [0.15, 0.2) is 0 Å². The van der Waals surface area contributed by atoms with Crippen LogP contribution < -0.4 is 10.6 Å². The zero-order chi connectivity index (χ0) is 9.80. The van der Waals surface area contributed by atoms with Crippen LogP contribution in [0, 0.1) is 5.92 Å². The molecule has 0 aromatic heterocycles. The molecule has 3 nitrogen and oxygen atoms in total. The molecule has 14 heavy (non-hydrogen) atoms. The molecule has 2 N–H and O–H groups in total. The van der Waals surface area contributed by atoms with Gasteiger partial charge >= 0.3 is 0 Å². The van der Waals surface area contributed by atoms with Crippen LogP contribution >= 0.6 is 0 Å². The van der Waals surface area contributed by atoms with Crippen molar-refractivity contribution in [2.45, 2.75) is 44.6 Å². The molecule has 2 rings (SSSR count). The van der Waals surface area contributed by atoms with Crippen LogP contribution in [0.3, 0.4) is 0 Å². The molecular formula is C11H20N2O. The van der Waals surface area contributed by atoms with Crippen molar-refractivity contribution < 1.29 is 4.79 Å². The molecule has 1 aliphatic carbocycles. The Labute approximate surface area is 85.6 Å². The van der Waals surface area contributed by atoms with Crippen LogP contribution in [0.5, 0.6) is 0 Å². The Morgan fingerprint density at radius 1 is 1.36 bits per heavy atom. The van der Waals surface area contributed by atoms with Gasteiger partial charge in [0.1, 0.15) is 0 Å². The Balaban J connectivity index is 1.52. The van der Waals surface area contributed by atoms with E-state index in [4.69, 9.17) is 0 Å². The fourth-order valence-corrected chi connectivity index (χ4v) is 2.04. The summed E-state index contributed by atoms with van der Waals surface area (Å²) in [6.07, 6.45) is 7.44. The Kier molecular flexibility index (Phi) is 3.40. The summed E-state index contributed by atoms with van der Waals surface area (Å²) in [5, 5.41) is 6.21. The van der Waals surface area contributed by atoms with Crippen LogP contribution in [0.2, 0.25) is 0 Å². The van der Waals surface area contributed by atoms with E-state index >= 15 is 0 Å². The van der Waals surface area contributed by atoms with Crippen LogP contribution in [0.1, 0.15) is 38.5 Å². The Bertz CT molecular complexity index is 195.